The molecule has 0 fully saturated rings. The Morgan fingerprint density at radius 2 is 1.91 bits per heavy atom. The molecule has 1 atom stereocenters. The summed E-state index contributed by atoms with van der Waals surface area (Å²) in [5.41, 5.74) is 4.99. The van der Waals surface area contributed by atoms with Crippen molar-refractivity contribution in [1.82, 2.24) is 0 Å². The van der Waals surface area contributed by atoms with E-state index in [0.717, 1.165) is 17.9 Å². The van der Waals surface area contributed by atoms with E-state index in [0.29, 0.717) is 5.75 Å². The largest absolute Gasteiger partial charge is 0.308 e. The average molecular weight is 311 g/mol. The highest BCUT2D eigenvalue weighted by atomic mass is 32.2. The second kappa shape index (κ2) is 6.57. The first kappa shape index (κ1) is 15.2. The Bertz CT molecular complexity index is 683. The maximum absolute atomic E-state index is 12.6. The van der Waals surface area contributed by atoms with Gasteiger partial charge in [-0.05, 0) is 43.0 Å². The smallest absolute Gasteiger partial charge is 0.237 e. The lowest BCUT2D eigenvalue weighted by Crippen LogP contribution is -2.37. The Morgan fingerprint density at radius 1 is 1.18 bits per heavy atom. The van der Waals surface area contributed by atoms with Gasteiger partial charge in [-0.3, -0.25) is 4.79 Å². The van der Waals surface area contributed by atoms with Crippen LogP contribution >= 0.6 is 11.8 Å². The number of aryl methyl sites for hydroxylation is 1. The molecule has 0 saturated heterocycles. The molecule has 0 unspecified atom stereocenters. The summed E-state index contributed by atoms with van der Waals surface area (Å²) < 4.78 is 0. The molecule has 2 nitrogen and oxygen atoms in total. The maximum Gasteiger partial charge on any atom is 0.237 e. The second-order valence-electron chi connectivity index (χ2n) is 5.86. The number of thioether (sulfide) groups is 1. The van der Waals surface area contributed by atoms with Crippen molar-refractivity contribution in [3.05, 3.63) is 65.2 Å². The zero-order chi connectivity index (χ0) is 15.5. The molecule has 0 spiro atoms. The van der Waals surface area contributed by atoms with Crippen LogP contribution in [0.5, 0.6) is 0 Å². The van der Waals surface area contributed by atoms with Gasteiger partial charge < -0.3 is 4.90 Å². The molecule has 22 heavy (non-hydrogen) atoms. The van der Waals surface area contributed by atoms with Gasteiger partial charge in [0.25, 0.3) is 0 Å². The number of rotatable bonds is 4. The van der Waals surface area contributed by atoms with Crippen LogP contribution in [0.4, 0.5) is 5.69 Å². The zero-order valence-electron chi connectivity index (χ0n) is 13.1. The van der Waals surface area contributed by atoms with Crippen LogP contribution < -0.4 is 4.90 Å². The number of anilines is 1. The Morgan fingerprint density at radius 3 is 2.73 bits per heavy atom. The van der Waals surface area contributed by atoms with Gasteiger partial charge in [-0.1, -0.05) is 42.5 Å². The van der Waals surface area contributed by atoms with Crippen LogP contribution in [-0.2, 0) is 17.0 Å². The Kier molecular flexibility index (Phi) is 4.53. The van der Waals surface area contributed by atoms with E-state index < -0.39 is 0 Å². The van der Waals surface area contributed by atoms with Crippen molar-refractivity contribution in [2.45, 2.75) is 32.1 Å². The van der Waals surface area contributed by atoms with Crippen LogP contribution in [-0.4, -0.2) is 17.7 Å². The molecule has 1 heterocycles. The number of hydrogen-bond donors (Lipinski definition) is 0. The third kappa shape index (κ3) is 3.05. The van der Waals surface area contributed by atoms with Crippen molar-refractivity contribution < 1.29 is 4.79 Å². The molecule has 0 N–H and O–H groups in total. The van der Waals surface area contributed by atoms with E-state index in [2.05, 4.69) is 50.2 Å². The number of benzene rings is 2. The summed E-state index contributed by atoms with van der Waals surface area (Å²) in [5.74, 6) is 1.64. The van der Waals surface area contributed by atoms with Gasteiger partial charge in [0.1, 0.15) is 0 Å². The normalized spacial score (nSPS) is 16.6. The predicted molar refractivity (Wildman–Crippen MR) is 94.4 cm³/mol. The topological polar surface area (TPSA) is 20.3 Å². The summed E-state index contributed by atoms with van der Waals surface area (Å²) in [6.07, 6.45) is 0.963. The average Bonchev–Trinajstić information content (AvgIpc) is 2.85. The molecule has 2 aromatic carbocycles. The van der Waals surface area contributed by atoms with Gasteiger partial charge in [0.05, 0.1) is 5.75 Å². The van der Waals surface area contributed by atoms with Gasteiger partial charge in [0, 0.05) is 17.5 Å². The summed E-state index contributed by atoms with van der Waals surface area (Å²) >= 11 is 1.70. The summed E-state index contributed by atoms with van der Waals surface area (Å²) in [6, 6.07) is 16.9. The molecule has 0 aromatic heterocycles. The molecule has 0 radical (unpaired) electrons. The molecule has 3 heteroatoms. The molecule has 114 valence electrons. The minimum Gasteiger partial charge on any atom is -0.308 e. The SMILES string of the molecule is Cc1ccccc1CSCC(=O)N1c2ccccc2C[C@H]1C. The number of amides is 1. The van der Waals surface area contributed by atoms with E-state index in [-0.39, 0.29) is 11.9 Å². The van der Waals surface area contributed by atoms with Crippen molar-refractivity contribution in [1.29, 1.82) is 0 Å². The first-order valence-corrected chi connectivity index (χ1v) is 8.84. The first-order valence-electron chi connectivity index (χ1n) is 7.69. The van der Waals surface area contributed by atoms with E-state index in [9.17, 15) is 4.79 Å². The van der Waals surface area contributed by atoms with Crippen LogP contribution in [0.2, 0.25) is 0 Å². The van der Waals surface area contributed by atoms with Crippen LogP contribution in [0.15, 0.2) is 48.5 Å². The Labute approximate surface area is 136 Å². The summed E-state index contributed by atoms with van der Waals surface area (Å²) in [7, 11) is 0. The van der Waals surface area contributed by atoms with E-state index in [1.807, 2.05) is 17.0 Å². The number of carbonyl (C=O) groups excluding carboxylic acids is 1. The Balaban J connectivity index is 1.62. The molecule has 2 aromatic rings. The third-order valence-electron chi connectivity index (χ3n) is 4.22. The number of carbonyl (C=O) groups is 1. The van der Waals surface area contributed by atoms with Gasteiger partial charge in [-0.15, -0.1) is 11.8 Å². The highest BCUT2D eigenvalue weighted by molar-refractivity contribution is 7.99. The zero-order valence-corrected chi connectivity index (χ0v) is 13.9. The number of hydrogen-bond acceptors (Lipinski definition) is 2. The van der Waals surface area contributed by atoms with Gasteiger partial charge in [-0.25, -0.2) is 0 Å². The highest BCUT2D eigenvalue weighted by Crippen LogP contribution is 2.32. The summed E-state index contributed by atoms with van der Waals surface area (Å²) in [6.45, 7) is 4.25. The van der Waals surface area contributed by atoms with E-state index in [4.69, 9.17) is 0 Å². The lowest BCUT2D eigenvalue weighted by molar-refractivity contribution is -0.116. The lowest BCUT2D eigenvalue weighted by atomic mass is 10.1. The number of fused-ring (bicyclic) bond motifs is 1. The quantitative estimate of drug-likeness (QED) is 0.843. The first-order chi connectivity index (χ1) is 10.7. The molecule has 0 saturated carbocycles. The van der Waals surface area contributed by atoms with Crippen molar-refractivity contribution >= 4 is 23.4 Å². The molecule has 0 bridgehead atoms. The summed E-state index contributed by atoms with van der Waals surface area (Å²) in [5, 5.41) is 0. The number of nitrogens with zero attached hydrogens (tertiary/aromatic N) is 1. The molecule has 1 aliphatic rings. The van der Waals surface area contributed by atoms with Crippen molar-refractivity contribution in [3.8, 4) is 0 Å². The third-order valence-corrected chi connectivity index (χ3v) is 5.19. The van der Waals surface area contributed by atoms with Crippen LogP contribution in [0.3, 0.4) is 0 Å². The van der Waals surface area contributed by atoms with E-state index in [1.165, 1.54) is 16.7 Å². The molecular formula is C19H21NOS. The van der Waals surface area contributed by atoms with Crippen LogP contribution in [0, 0.1) is 6.92 Å². The molecule has 3 rings (SSSR count). The van der Waals surface area contributed by atoms with Gasteiger partial charge in [0.15, 0.2) is 0 Å². The van der Waals surface area contributed by atoms with Gasteiger partial charge >= 0.3 is 0 Å². The van der Waals surface area contributed by atoms with Gasteiger partial charge in [0.2, 0.25) is 5.91 Å². The van der Waals surface area contributed by atoms with E-state index >= 15 is 0 Å². The standard InChI is InChI=1S/C19H21NOS/c1-14-7-3-4-9-17(14)12-22-13-19(21)20-15(2)11-16-8-5-6-10-18(16)20/h3-10,15H,11-13H2,1-2H3/t15-/m1/s1. The highest BCUT2D eigenvalue weighted by Gasteiger charge is 2.30. The minimum atomic E-state index is 0.219. The Hall–Kier alpha value is -1.74. The molecule has 1 aliphatic heterocycles. The van der Waals surface area contributed by atoms with Crippen molar-refractivity contribution in [2.75, 3.05) is 10.7 Å². The minimum absolute atomic E-state index is 0.219. The monoisotopic (exact) mass is 311 g/mol. The van der Waals surface area contributed by atoms with Crippen molar-refractivity contribution in [2.24, 2.45) is 0 Å². The van der Waals surface area contributed by atoms with Crippen LogP contribution in [0.1, 0.15) is 23.6 Å². The summed E-state index contributed by atoms with van der Waals surface area (Å²) in [4.78, 5) is 14.6. The fourth-order valence-electron chi connectivity index (χ4n) is 3.04. The van der Waals surface area contributed by atoms with Gasteiger partial charge in [-0.2, -0.15) is 0 Å². The van der Waals surface area contributed by atoms with Crippen molar-refractivity contribution in [3.63, 3.8) is 0 Å². The fourth-order valence-corrected chi connectivity index (χ4v) is 4.00. The van der Waals surface area contributed by atoms with Crippen LogP contribution in [0.25, 0.3) is 0 Å². The predicted octanol–water partition coefficient (Wildman–Crippen LogP) is 4.21. The molecular weight excluding hydrogens is 290 g/mol. The molecule has 1 amide bonds. The lowest BCUT2D eigenvalue weighted by Gasteiger charge is -2.22. The fraction of sp³-hybridized carbons (Fsp3) is 0.316. The molecule has 0 aliphatic carbocycles. The number of para-hydroxylation sites is 1. The second-order valence-corrected chi connectivity index (χ2v) is 6.85. The van der Waals surface area contributed by atoms with E-state index in [1.54, 1.807) is 11.8 Å². The maximum atomic E-state index is 12.6.